The maximum Gasteiger partial charge on any atom is 0.331 e. The largest absolute Gasteiger partial charge is 0.497 e. The average Bonchev–Trinajstić information content (AvgIpc) is 2.68. The highest BCUT2D eigenvalue weighted by molar-refractivity contribution is 5.89. The molecule has 0 radical (unpaired) electrons. The molecule has 142 valence electrons. The Balaban J connectivity index is 1.86. The lowest BCUT2D eigenvalue weighted by molar-refractivity contribution is -0.148. The number of esters is 1. The Morgan fingerprint density at radius 1 is 1.15 bits per heavy atom. The molecular weight excluding hydrogens is 349 g/mol. The van der Waals surface area contributed by atoms with Crippen LogP contribution in [0.15, 0.2) is 54.6 Å². The summed E-state index contributed by atoms with van der Waals surface area (Å²) in [5.74, 6) is -0.639. The molecule has 0 atom stereocenters. The third kappa shape index (κ3) is 6.58. The van der Waals surface area contributed by atoms with E-state index < -0.39 is 5.97 Å². The minimum absolute atomic E-state index is 0.254. The minimum atomic E-state index is -0.618. The van der Waals surface area contributed by atoms with Gasteiger partial charge in [0.2, 0.25) is 0 Å². The summed E-state index contributed by atoms with van der Waals surface area (Å²) in [4.78, 5) is 25.6. The SMILES string of the molecule is CCN(Cc1cccc(F)c1)C(=O)COC(=O)/C=C/c1cccc(OC)c1. The number of carbonyl (C=O) groups excluding carboxylic acids is 2. The van der Waals surface area contributed by atoms with Crippen molar-refractivity contribution in [2.75, 3.05) is 20.3 Å². The van der Waals surface area contributed by atoms with Gasteiger partial charge >= 0.3 is 5.97 Å². The van der Waals surface area contributed by atoms with Crippen LogP contribution in [-0.2, 0) is 20.9 Å². The summed E-state index contributed by atoms with van der Waals surface area (Å²) in [5, 5.41) is 0. The number of nitrogens with zero attached hydrogens (tertiary/aromatic N) is 1. The number of hydrogen-bond donors (Lipinski definition) is 0. The topological polar surface area (TPSA) is 55.8 Å². The molecule has 0 aliphatic carbocycles. The first-order valence-electron chi connectivity index (χ1n) is 8.53. The van der Waals surface area contributed by atoms with E-state index in [2.05, 4.69) is 0 Å². The van der Waals surface area contributed by atoms with E-state index in [0.717, 1.165) is 5.56 Å². The second-order valence-corrected chi connectivity index (χ2v) is 5.76. The molecule has 2 aromatic rings. The molecule has 0 heterocycles. The van der Waals surface area contributed by atoms with Crippen LogP contribution in [0.4, 0.5) is 4.39 Å². The molecule has 0 N–H and O–H groups in total. The predicted octanol–water partition coefficient (Wildman–Crippen LogP) is 3.44. The average molecular weight is 371 g/mol. The summed E-state index contributed by atoms with van der Waals surface area (Å²) in [7, 11) is 1.56. The third-order valence-electron chi connectivity index (χ3n) is 3.84. The van der Waals surface area contributed by atoms with E-state index in [4.69, 9.17) is 9.47 Å². The van der Waals surface area contributed by atoms with E-state index in [1.54, 1.807) is 43.5 Å². The van der Waals surface area contributed by atoms with Crippen molar-refractivity contribution in [3.8, 4) is 5.75 Å². The first-order chi connectivity index (χ1) is 13.0. The van der Waals surface area contributed by atoms with Crippen molar-refractivity contribution in [3.63, 3.8) is 0 Å². The van der Waals surface area contributed by atoms with Crippen LogP contribution in [-0.4, -0.2) is 37.0 Å². The number of methoxy groups -OCH3 is 1. The zero-order chi connectivity index (χ0) is 19.6. The van der Waals surface area contributed by atoms with E-state index in [1.165, 1.54) is 23.1 Å². The molecular formula is C21H22FNO4. The molecule has 0 aliphatic rings. The highest BCUT2D eigenvalue weighted by Gasteiger charge is 2.14. The van der Waals surface area contributed by atoms with E-state index in [-0.39, 0.29) is 24.9 Å². The summed E-state index contributed by atoms with van der Waals surface area (Å²) in [6, 6.07) is 13.2. The number of halogens is 1. The molecule has 5 nitrogen and oxygen atoms in total. The van der Waals surface area contributed by atoms with E-state index >= 15 is 0 Å². The Hall–Kier alpha value is -3.15. The lowest BCUT2D eigenvalue weighted by Crippen LogP contribution is -2.34. The molecule has 0 spiro atoms. The van der Waals surface area contributed by atoms with Gasteiger partial charge in [-0.1, -0.05) is 24.3 Å². The lowest BCUT2D eigenvalue weighted by Gasteiger charge is -2.20. The van der Waals surface area contributed by atoms with Gasteiger partial charge in [0.15, 0.2) is 6.61 Å². The Kier molecular flexibility index (Phi) is 7.55. The lowest BCUT2D eigenvalue weighted by atomic mass is 10.2. The molecule has 0 aliphatic heterocycles. The number of benzene rings is 2. The normalized spacial score (nSPS) is 10.6. The Morgan fingerprint density at radius 3 is 2.63 bits per heavy atom. The van der Waals surface area contributed by atoms with Crippen molar-refractivity contribution in [2.45, 2.75) is 13.5 Å². The van der Waals surface area contributed by atoms with Crippen molar-refractivity contribution < 1.29 is 23.5 Å². The van der Waals surface area contributed by atoms with Gasteiger partial charge in [-0.15, -0.1) is 0 Å². The maximum atomic E-state index is 13.3. The van der Waals surface area contributed by atoms with Crippen LogP contribution in [0.1, 0.15) is 18.1 Å². The summed E-state index contributed by atoms with van der Waals surface area (Å²) >= 11 is 0. The predicted molar refractivity (Wildman–Crippen MR) is 100 cm³/mol. The molecule has 6 heteroatoms. The van der Waals surface area contributed by atoms with Crippen LogP contribution in [0.2, 0.25) is 0 Å². The molecule has 1 amide bonds. The van der Waals surface area contributed by atoms with E-state index in [0.29, 0.717) is 17.9 Å². The van der Waals surface area contributed by atoms with Gasteiger partial charge in [-0.2, -0.15) is 0 Å². The highest BCUT2D eigenvalue weighted by Crippen LogP contribution is 2.13. The van der Waals surface area contributed by atoms with Gasteiger partial charge in [-0.3, -0.25) is 4.79 Å². The summed E-state index contributed by atoms with van der Waals surface area (Å²) in [5.41, 5.74) is 1.45. The highest BCUT2D eigenvalue weighted by atomic mass is 19.1. The van der Waals surface area contributed by atoms with Gasteiger partial charge in [-0.25, -0.2) is 9.18 Å². The van der Waals surface area contributed by atoms with Gasteiger partial charge in [0.05, 0.1) is 7.11 Å². The summed E-state index contributed by atoms with van der Waals surface area (Å²) in [6.07, 6.45) is 2.84. The summed E-state index contributed by atoms with van der Waals surface area (Å²) < 4.78 is 23.4. The Morgan fingerprint density at radius 2 is 1.93 bits per heavy atom. The zero-order valence-corrected chi connectivity index (χ0v) is 15.4. The van der Waals surface area contributed by atoms with Crippen LogP contribution in [0, 0.1) is 5.82 Å². The Labute approximate surface area is 158 Å². The smallest absolute Gasteiger partial charge is 0.331 e. The molecule has 0 fully saturated rings. The Bertz CT molecular complexity index is 819. The zero-order valence-electron chi connectivity index (χ0n) is 15.4. The molecule has 0 unspecified atom stereocenters. The first-order valence-corrected chi connectivity index (χ1v) is 8.53. The third-order valence-corrected chi connectivity index (χ3v) is 3.84. The number of rotatable bonds is 8. The van der Waals surface area contributed by atoms with Gasteiger partial charge in [0.25, 0.3) is 5.91 Å². The molecule has 2 rings (SSSR count). The second-order valence-electron chi connectivity index (χ2n) is 5.76. The van der Waals surface area contributed by atoms with Crippen LogP contribution >= 0.6 is 0 Å². The van der Waals surface area contributed by atoms with Crippen molar-refractivity contribution in [3.05, 3.63) is 71.6 Å². The molecule has 0 saturated heterocycles. The second kappa shape index (κ2) is 10.1. The number of amides is 1. The fourth-order valence-corrected chi connectivity index (χ4v) is 2.41. The number of likely N-dealkylation sites (N-methyl/N-ethyl adjacent to an activating group) is 1. The first kappa shape index (κ1) is 20.2. The fraction of sp³-hybridized carbons (Fsp3) is 0.238. The van der Waals surface area contributed by atoms with Crippen LogP contribution < -0.4 is 4.74 Å². The quantitative estimate of drug-likeness (QED) is 0.527. The molecule has 0 aromatic heterocycles. The molecule has 0 bridgehead atoms. The number of carbonyl (C=O) groups is 2. The van der Waals surface area contributed by atoms with Crippen molar-refractivity contribution in [2.24, 2.45) is 0 Å². The van der Waals surface area contributed by atoms with Crippen LogP contribution in [0.3, 0.4) is 0 Å². The van der Waals surface area contributed by atoms with Gasteiger partial charge < -0.3 is 14.4 Å². The fourth-order valence-electron chi connectivity index (χ4n) is 2.41. The maximum absolute atomic E-state index is 13.3. The van der Waals surface area contributed by atoms with Gasteiger partial charge in [-0.05, 0) is 48.4 Å². The monoisotopic (exact) mass is 371 g/mol. The van der Waals surface area contributed by atoms with Gasteiger partial charge in [0, 0.05) is 19.2 Å². The van der Waals surface area contributed by atoms with Crippen molar-refractivity contribution in [1.29, 1.82) is 0 Å². The van der Waals surface area contributed by atoms with Crippen molar-refractivity contribution >= 4 is 18.0 Å². The van der Waals surface area contributed by atoms with Crippen LogP contribution in [0.25, 0.3) is 6.08 Å². The molecule has 27 heavy (non-hydrogen) atoms. The number of hydrogen-bond acceptors (Lipinski definition) is 4. The molecule has 2 aromatic carbocycles. The number of ether oxygens (including phenoxy) is 2. The standard InChI is InChI=1S/C21H22FNO4/c1-3-23(14-17-7-4-8-18(22)12-17)20(24)15-27-21(25)11-10-16-6-5-9-19(13-16)26-2/h4-13H,3,14-15H2,1-2H3/b11-10+. The van der Waals surface area contributed by atoms with E-state index in [9.17, 15) is 14.0 Å². The van der Waals surface area contributed by atoms with Crippen LogP contribution in [0.5, 0.6) is 5.75 Å². The van der Waals surface area contributed by atoms with Crippen molar-refractivity contribution in [1.82, 2.24) is 4.90 Å². The van der Waals surface area contributed by atoms with Gasteiger partial charge in [0.1, 0.15) is 11.6 Å². The van der Waals surface area contributed by atoms with E-state index in [1.807, 2.05) is 13.0 Å². The minimum Gasteiger partial charge on any atom is -0.497 e. The molecule has 0 saturated carbocycles. The summed E-state index contributed by atoms with van der Waals surface area (Å²) in [6.45, 7) is 2.11.